The van der Waals surface area contributed by atoms with Gasteiger partial charge in [-0.3, -0.25) is 4.79 Å². The highest BCUT2D eigenvalue weighted by Gasteiger charge is 2.11. The molecule has 5 nitrogen and oxygen atoms in total. The van der Waals surface area contributed by atoms with Gasteiger partial charge in [-0.05, 0) is 48.5 Å². The van der Waals surface area contributed by atoms with Crippen LogP contribution < -0.4 is 15.7 Å². The summed E-state index contributed by atoms with van der Waals surface area (Å²) in [5.74, 6) is 0.206. The normalized spacial score (nSPS) is 10.5. The van der Waals surface area contributed by atoms with E-state index in [1.807, 2.05) is 0 Å². The van der Waals surface area contributed by atoms with Gasteiger partial charge < -0.3 is 14.5 Å². The van der Waals surface area contributed by atoms with Gasteiger partial charge in [0.25, 0.3) is 5.91 Å². The van der Waals surface area contributed by atoms with Gasteiger partial charge in [-0.25, -0.2) is 4.79 Å². The fourth-order valence-electron chi connectivity index (χ4n) is 2.11. The van der Waals surface area contributed by atoms with Gasteiger partial charge in [-0.2, -0.15) is 0 Å². The Morgan fingerprint density at radius 2 is 1.87 bits per heavy atom. The van der Waals surface area contributed by atoms with E-state index in [9.17, 15) is 9.59 Å². The summed E-state index contributed by atoms with van der Waals surface area (Å²) in [6.07, 6.45) is 0. The number of amides is 1. The quantitative estimate of drug-likeness (QED) is 0.744. The third kappa shape index (κ3) is 3.19. The number of halogens is 1. The molecule has 0 fully saturated rings. The molecule has 0 spiro atoms. The maximum absolute atomic E-state index is 12.2. The lowest BCUT2D eigenvalue weighted by molar-refractivity contribution is 0.102. The van der Waals surface area contributed by atoms with Crippen molar-refractivity contribution >= 4 is 34.2 Å². The van der Waals surface area contributed by atoms with Gasteiger partial charge in [-0.15, -0.1) is 0 Å². The van der Waals surface area contributed by atoms with Crippen molar-refractivity contribution < 1.29 is 13.9 Å². The topological polar surface area (TPSA) is 68.5 Å². The van der Waals surface area contributed by atoms with Gasteiger partial charge >= 0.3 is 5.63 Å². The fourth-order valence-corrected chi connectivity index (χ4v) is 2.24. The minimum atomic E-state index is -0.620. The summed E-state index contributed by atoms with van der Waals surface area (Å²) < 4.78 is 10.3. The van der Waals surface area contributed by atoms with E-state index in [2.05, 4.69) is 5.32 Å². The molecule has 3 aromatic rings. The third-order valence-electron chi connectivity index (χ3n) is 3.29. The van der Waals surface area contributed by atoms with E-state index in [1.165, 1.54) is 0 Å². The molecule has 0 bridgehead atoms. The van der Waals surface area contributed by atoms with Crippen LogP contribution in [0.15, 0.2) is 57.7 Å². The summed E-state index contributed by atoms with van der Waals surface area (Å²) in [5, 5.41) is 3.72. The average molecular weight is 330 g/mol. The zero-order valence-electron chi connectivity index (χ0n) is 12.1. The summed E-state index contributed by atoms with van der Waals surface area (Å²) in [6, 6.07) is 13.0. The van der Waals surface area contributed by atoms with Crippen molar-refractivity contribution in [3.8, 4) is 5.75 Å². The maximum atomic E-state index is 12.2. The number of hydrogen-bond acceptors (Lipinski definition) is 4. The molecule has 0 saturated heterocycles. The van der Waals surface area contributed by atoms with E-state index < -0.39 is 11.5 Å². The lowest BCUT2D eigenvalue weighted by Gasteiger charge is -2.06. The second kappa shape index (κ2) is 6.14. The highest BCUT2D eigenvalue weighted by atomic mass is 35.5. The molecule has 0 saturated carbocycles. The molecule has 0 atom stereocenters. The van der Waals surface area contributed by atoms with Crippen molar-refractivity contribution in [3.05, 3.63) is 69.5 Å². The highest BCUT2D eigenvalue weighted by Crippen LogP contribution is 2.22. The largest absolute Gasteiger partial charge is 0.497 e. The van der Waals surface area contributed by atoms with Gasteiger partial charge in [-0.1, -0.05) is 11.6 Å². The van der Waals surface area contributed by atoms with Crippen molar-refractivity contribution in [3.63, 3.8) is 0 Å². The smallest absolute Gasteiger partial charge is 0.360 e. The molecule has 0 aliphatic carbocycles. The summed E-state index contributed by atoms with van der Waals surface area (Å²) in [4.78, 5) is 24.2. The summed E-state index contributed by atoms with van der Waals surface area (Å²) in [7, 11) is 1.55. The van der Waals surface area contributed by atoms with Gasteiger partial charge in [0, 0.05) is 16.0 Å². The standard InChI is InChI=1S/C17H12ClNO4/c1-22-13-6-7-15-11(8-13)9-14(17(21)23-15)19-16(20)10-2-4-12(18)5-3-10/h2-9H,1H3,(H,19,20). The lowest BCUT2D eigenvalue weighted by atomic mass is 10.2. The first kappa shape index (κ1) is 15.1. The van der Waals surface area contributed by atoms with Crippen LogP contribution in [0.1, 0.15) is 10.4 Å². The van der Waals surface area contributed by atoms with Crippen molar-refractivity contribution in [2.45, 2.75) is 0 Å². The molecular formula is C17H12ClNO4. The van der Waals surface area contributed by atoms with Gasteiger partial charge in [0.1, 0.15) is 17.0 Å². The molecule has 1 amide bonds. The van der Waals surface area contributed by atoms with Crippen molar-refractivity contribution in [2.24, 2.45) is 0 Å². The SMILES string of the molecule is COc1ccc2oc(=O)c(NC(=O)c3ccc(Cl)cc3)cc2c1. The number of rotatable bonds is 3. The van der Waals surface area contributed by atoms with E-state index in [4.69, 9.17) is 20.8 Å². The molecule has 2 aromatic carbocycles. The van der Waals surface area contributed by atoms with Crippen molar-refractivity contribution in [1.82, 2.24) is 0 Å². The molecule has 3 rings (SSSR count). The monoisotopic (exact) mass is 329 g/mol. The molecular weight excluding hydrogens is 318 g/mol. The average Bonchev–Trinajstić information content (AvgIpc) is 2.55. The minimum absolute atomic E-state index is 0.0608. The molecule has 116 valence electrons. The second-order valence-electron chi connectivity index (χ2n) is 4.81. The Kier molecular flexibility index (Phi) is 4.04. The highest BCUT2D eigenvalue weighted by molar-refractivity contribution is 6.30. The number of ether oxygens (including phenoxy) is 1. The molecule has 23 heavy (non-hydrogen) atoms. The van der Waals surface area contributed by atoms with Gasteiger partial charge in [0.05, 0.1) is 7.11 Å². The predicted octanol–water partition coefficient (Wildman–Crippen LogP) is 3.71. The van der Waals surface area contributed by atoms with Crippen LogP contribution in [0.3, 0.4) is 0 Å². The van der Waals surface area contributed by atoms with Gasteiger partial charge in [0.2, 0.25) is 0 Å². The van der Waals surface area contributed by atoms with Crippen LogP contribution in [0.2, 0.25) is 5.02 Å². The molecule has 1 heterocycles. The fraction of sp³-hybridized carbons (Fsp3) is 0.0588. The number of methoxy groups -OCH3 is 1. The molecule has 0 unspecified atom stereocenters. The van der Waals surface area contributed by atoms with E-state index >= 15 is 0 Å². The number of hydrogen-bond donors (Lipinski definition) is 1. The first-order chi connectivity index (χ1) is 11.1. The Labute approximate surface area is 136 Å². The molecule has 0 aliphatic rings. The van der Waals surface area contributed by atoms with Crippen molar-refractivity contribution in [1.29, 1.82) is 0 Å². The molecule has 1 N–H and O–H groups in total. The van der Waals surface area contributed by atoms with Crippen LogP contribution in [0, 0.1) is 0 Å². The van der Waals surface area contributed by atoms with Crippen LogP contribution in [0.5, 0.6) is 5.75 Å². The Morgan fingerprint density at radius 1 is 1.13 bits per heavy atom. The molecule has 6 heteroatoms. The summed E-state index contributed by atoms with van der Waals surface area (Å²) in [6.45, 7) is 0. The van der Waals surface area contributed by atoms with E-state index in [0.29, 0.717) is 27.3 Å². The predicted molar refractivity (Wildman–Crippen MR) is 88.4 cm³/mol. The van der Waals surface area contributed by atoms with Crippen LogP contribution >= 0.6 is 11.6 Å². The van der Waals surface area contributed by atoms with E-state index in [0.717, 1.165) is 0 Å². The second-order valence-corrected chi connectivity index (χ2v) is 5.25. The third-order valence-corrected chi connectivity index (χ3v) is 3.55. The number of fused-ring (bicyclic) bond motifs is 1. The number of carbonyl (C=O) groups excluding carboxylic acids is 1. The molecule has 0 radical (unpaired) electrons. The van der Waals surface area contributed by atoms with Crippen molar-refractivity contribution in [2.75, 3.05) is 12.4 Å². The molecule has 0 aliphatic heterocycles. The Balaban J connectivity index is 1.95. The Morgan fingerprint density at radius 3 is 2.57 bits per heavy atom. The van der Waals surface area contributed by atoms with Crippen LogP contribution in [0.4, 0.5) is 5.69 Å². The zero-order chi connectivity index (χ0) is 16.4. The summed E-state index contributed by atoms with van der Waals surface area (Å²) >= 11 is 5.79. The number of carbonyl (C=O) groups is 1. The first-order valence-electron chi connectivity index (χ1n) is 6.75. The first-order valence-corrected chi connectivity index (χ1v) is 7.13. The minimum Gasteiger partial charge on any atom is -0.497 e. The van der Waals surface area contributed by atoms with Gasteiger partial charge in [0.15, 0.2) is 0 Å². The maximum Gasteiger partial charge on any atom is 0.360 e. The number of nitrogens with one attached hydrogen (secondary N) is 1. The van der Waals surface area contributed by atoms with Crippen LogP contribution in [0.25, 0.3) is 11.0 Å². The molecule has 1 aromatic heterocycles. The Bertz CT molecular complexity index is 931. The summed E-state index contributed by atoms with van der Waals surface area (Å²) in [5.41, 5.74) is 0.246. The Hall–Kier alpha value is -2.79. The van der Waals surface area contributed by atoms with Crippen LogP contribution in [-0.4, -0.2) is 13.0 Å². The van der Waals surface area contributed by atoms with Crippen LogP contribution in [-0.2, 0) is 0 Å². The van der Waals surface area contributed by atoms with E-state index in [1.54, 1.807) is 55.6 Å². The zero-order valence-corrected chi connectivity index (χ0v) is 12.9. The lowest BCUT2D eigenvalue weighted by Crippen LogP contribution is -2.17. The number of benzene rings is 2. The van der Waals surface area contributed by atoms with E-state index in [-0.39, 0.29) is 5.69 Å². The number of anilines is 1.